The fraction of sp³-hybridized carbons (Fsp3) is 0.176. The van der Waals surface area contributed by atoms with Gasteiger partial charge in [0.2, 0.25) is 0 Å². The van der Waals surface area contributed by atoms with E-state index >= 15 is 0 Å². The molecule has 2 aromatic carbocycles. The molecular weight excluding hydrogens is 282 g/mol. The molecule has 1 atom stereocenters. The Morgan fingerprint density at radius 2 is 1.95 bits per heavy atom. The molecule has 1 unspecified atom stereocenters. The molecule has 0 aliphatic carbocycles. The summed E-state index contributed by atoms with van der Waals surface area (Å²) in [6.45, 7) is 0.156. The second-order valence-electron chi connectivity index (χ2n) is 4.90. The molecule has 0 saturated heterocycles. The Labute approximate surface area is 128 Å². The van der Waals surface area contributed by atoms with Crippen LogP contribution in [0.3, 0.4) is 0 Å². The third kappa shape index (κ3) is 4.17. The van der Waals surface area contributed by atoms with Gasteiger partial charge in [0.1, 0.15) is 24.7 Å². The zero-order valence-electron chi connectivity index (χ0n) is 11.9. The van der Waals surface area contributed by atoms with Crippen molar-refractivity contribution in [3.05, 3.63) is 65.2 Å². The van der Waals surface area contributed by atoms with Crippen LogP contribution in [-0.4, -0.2) is 23.4 Å². The number of phenols is 1. The lowest BCUT2D eigenvalue weighted by Gasteiger charge is -2.13. The van der Waals surface area contributed by atoms with Crippen LogP contribution in [0.5, 0.6) is 5.75 Å². The molecule has 22 heavy (non-hydrogen) atoms. The van der Waals surface area contributed by atoms with Crippen molar-refractivity contribution in [3.63, 3.8) is 0 Å². The largest absolute Gasteiger partial charge is 0.508 e. The molecule has 2 aromatic rings. The van der Waals surface area contributed by atoms with E-state index in [1.807, 2.05) is 30.3 Å². The van der Waals surface area contributed by atoms with Gasteiger partial charge in [0.05, 0.1) is 0 Å². The summed E-state index contributed by atoms with van der Waals surface area (Å²) in [4.78, 5) is 22.9. The van der Waals surface area contributed by atoms with Gasteiger partial charge in [-0.1, -0.05) is 36.4 Å². The summed E-state index contributed by atoms with van der Waals surface area (Å²) in [5.41, 5.74) is 7.60. The van der Waals surface area contributed by atoms with Crippen molar-refractivity contribution in [2.45, 2.75) is 19.1 Å². The van der Waals surface area contributed by atoms with Gasteiger partial charge in [-0.2, -0.15) is 0 Å². The van der Waals surface area contributed by atoms with Crippen LogP contribution in [0.1, 0.15) is 21.5 Å². The Kier molecular flexibility index (Phi) is 5.27. The molecule has 0 spiro atoms. The number of ether oxygens (including phenoxy) is 1. The van der Waals surface area contributed by atoms with Crippen molar-refractivity contribution in [2.24, 2.45) is 5.73 Å². The van der Waals surface area contributed by atoms with Crippen molar-refractivity contribution >= 4 is 12.3 Å². The topological polar surface area (TPSA) is 89.6 Å². The molecule has 2 rings (SSSR count). The number of esters is 1. The second-order valence-corrected chi connectivity index (χ2v) is 4.90. The number of rotatable bonds is 6. The molecule has 3 N–H and O–H groups in total. The molecular formula is C17H17NO4. The number of benzene rings is 2. The van der Waals surface area contributed by atoms with Crippen LogP contribution < -0.4 is 5.73 Å². The number of carbonyl (C=O) groups excluding carboxylic acids is 2. The molecule has 0 aliphatic heterocycles. The molecule has 0 aliphatic rings. The summed E-state index contributed by atoms with van der Waals surface area (Å²) in [5, 5.41) is 9.34. The van der Waals surface area contributed by atoms with Crippen molar-refractivity contribution < 1.29 is 19.4 Å². The Morgan fingerprint density at radius 1 is 1.23 bits per heavy atom. The Morgan fingerprint density at radius 3 is 2.64 bits per heavy atom. The summed E-state index contributed by atoms with van der Waals surface area (Å²) >= 11 is 0. The zero-order chi connectivity index (χ0) is 15.9. The van der Waals surface area contributed by atoms with E-state index in [-0.39, 0.29) is 18.8 Å². The lowest BCUT2D eigenvalue weighted by Crippen LogP contribution is -2.34. The molecule has 0 aromatic heterocycles. The number of nitrogens with two attached hydrogens (primary N) is 1. The van der Waals surface area contributed by atoms with Crippen molar-refractivity contribution in [3.8, 4) is 5.75 Å². The molecule has 114 valence electrons. The minimum absolute atomic E-state index is 0.00826. The quantitative estimate of drug-likeness (QED) is 0.627. The average molecular weight is 299 g/mol. The predicted octanol–water partition coefficient (Wildman–Crippen LogP) is 1.82. The molecule has 0 saturated carbocycles. The number of hydrogen-bond acceptors (Lipinski definition) is 5. The lowest BCUT2D eigenvalue weighted by atomic mass is 10.0. The van der Waals surface area contributed by atoms with Crippen LogP contribution in [-0.2, 0) is 22.6 Å². The van der Waals surface area contributed by atoms with Crippen LogP contribution >= 0.6 is 0 Å². The normalized spacial score (nSPS) is 11.7. The lowest BCUT2D eigenvalue weighted by molar-refractivity contribution is -0.146. The number of aldehydes is 1. The fourth-order valence-electron chi connectivity index (χ4n) is 2.03. The van der Waals surface area contributed by atoms with E-state index in [1.165, 1.54) is 12.1 Å². The van der Waals surface area contributed by atoms with Gasteiger partial charge in [0.25, 0.3) is 0 Å². The molecule has 0 radical (unpaired) electrons. The minimum Gasteiger partial charge on any atom is -0.508 e. The van der Waals surface area contributed by atoms with E-state index < -0.39 is 12.0 Å². The van der Waals surface area contributed by atoms with Gasteiger partial charge in [0, 0.05) is 5.56 Å². The monoisotopic (exact) mass is 299 g/mol. The highest BCUT2D eigenvalue weighted by molar-refractivity contribution is 5.80. The predicted molar refractivity (Wildman–Crippen MR) is 81.4 cm³/mol. The Balaban J connectivity index is 1.95. The van der Waals surface area contributed by atoms with Crippen LogP contribution in [0.4, 0.5) is 0 Å². The third-order valence-electron chi connectivity index (χ3n) is 3.22. The molecule has 5 heteroatoms. The maximum absolute atomic E-state index is 11.9. The first kappa shape index (κ1) is 15.7. The summed E-state index contributed by atoms with van der Waals surface area (Å²) in [6.07, 6.45) is 0.791. The van der Waals surface area contributed by atoms with Crippen LogP contribution in [0, 0.1) is 0 Å². The number of phenolic OH excluding ortho intramolecular Hbond substituents is 1. The van der Waals surface area contributed by atoms with Crippen LogP contribution in [0.25, 0.3) is 0 Å². The van der Waals surface area contributed by atoms with E-state index in [0.29, 0.717) is 17.4 Å². The van der Waals surface area contributed by atoms with E-state index in [0.717, 1.165) is 5.56 Å². The first-order valence-corrected chi connectivity index (χ1v) is 6.83. The van der Waals surface area contributed by atoms with Crippen molar-refractivity contribution in [2.75, 3.05) is 0 Å². The van der Waals surface area contributed by atoms with E-state index in [2.05, 4.69) is 0 Å². The van der Waals surface area contributed by atoms with Gasteiger partial charge < -0.3 is 15.6 Å². The molecule has 5 nitrogen and oxygen atoms in total. The van der Waals surface area contributed by atoms with E-state index in [9.17, 15) is 14.7 Å². The van der Waals surface area contributed by atoms with Gasteiger partial charge >= 0.3 is 5.97 Å². The summed E-state index contributed by atoms with van der Waals surface area (Å²) in [6, 6.07) is 12.8. The number of carbonyl (C=O) groups is 2. The molecule has 0 bridgehead atoms. The highest BCUT2D eigenvalue weighted by Crippen LogP contribution is 2.16. The Bertz CT molecular complexity index is 655. The smallest absolute Gasteiger partial charge is 0.323 e. The highest BCUT2D eigenvalue weighted by Gasteiger charge is 2.17. The fourth-order valence-corrected chi connectivity index (χ4v) is 2.03. The maximum atomic E-state index is 11.9. The van der Waals surface area contributed by atoms with E-state index in [4.69, 9.17) is 10.5 Å². The van der Waals surface area contributed by atoms with Crippen LogP contribution in [0.2, 0.25) is 0 Å². The molecule has 0 heterocycles. The maximum Gasteiger partial charge on any atom is 0.323 e. The number of aromatic hydroxyl groups is 1. The average Bonchev–Trinajstić information content (AvgIpc) is 2.55. The molecule has 0 fully saturated rings. The van der Waals surface area contributed by atoms with Crippen molar-refractivity contribution in [1.29, 1.82) is 0 Å². The summed E-state index contributed by atoms with van der Waals surface area (Å²) in [5.74, 6) is -0.542. The SMILES string of the molecule is NC(Cc1ccc(O)cc1C=O)C(=O)OCc1ccccc1. The van der Waals surface area contributed by atoms with E-state index in [1.54, 1.807) is 6.07 Å². The summed E-state index contributed by atoms with van der Waals surface area (Å²) in [7, 11) is 0. The van der Waals surface area contributed by atoms with Crippen LogP contribution in [0.15, 0.2) is 48.5 Å². The van der Waals surface area contributed by atoms with Gasteiger partial charge in [0.15, 0.2) is 0 Å². The zero-order valence-corrected chi connectivity index (χ0v) is 11.9. The van der Waals surface area contributed by atoms with Gasteiger partial charge in [-0.25, -0.2) is 0 Å². The van der Waals surface area contributed by atoms with Gasteiger partial charge in [-0.05, 0) is 29.7 Å². The first-order valence-electron chi connectivity index (χ1n) is 6.83. The highest BCUT2D eigenvalue weighted by atomic mass is 16.5. The number of hydrogen-bond donors (Lipinski definition) is 2. The van der Waals surface area contributed by atoms with Gasteiger partial charge in [-0.15, -0.1) is 0 Å². The Hall–Kier alpha value is -2.66. The third-order valence-corrected chi connectivity index (χ3v) is 3.22. The first-order chi connectivity index (χ1) is 10.6. The molecule has 0 amide bonds. The standard InChI is InChI=1S/C17H17NO4/c18-16(9-13-6-7-15(20)8-14(13)10-19)17(21)22-11-12-4-2-1-3-5-12/h1-8,10,16,20H,9,11,18H2. The second kappa shape index (κ2) is 7.38. The van der Waals surface area contributed by atoms with Crippen molar-refractivity contribution in [1.82, 2.24) is 0 Å². The summed E-state index contributed by atoms with van der Waals surface area (Å²) < 4.78 is 5.16. The van der Waals surface area contributed by atoms with Gasteiger partial charge in [-0.3, -0.25) is 9.59 Å². The minimum atomic E-state index is -0.869.